The van der Waals surface area contributed by atoms with Crippen LogP contribution < -0.4 is 19.5 Å². The Labute approximate surface area is 161 Å². The zero-order chi connectivity index (χ0) is 18.9. The molecule has 0 bridgehead atoms. The van der Waals surface area contributed by atoms with E-state index in [0.29, 0.717) is 28.6 Å². The van der Waals surface area contributed by atoms with Crippen LogP contribution in [0, 0.1) is 11.3 Å². The molecular formula is C21H30N2O4. The van der Waals surface area contributed by atoms with Crippen molar-refractivity contribution < 1.29 is 19.0 Å². The van der Waals surface area contributed by atoms with Crippen LogP contribution in [-0.4, -0.2) is 57.3 Å². The molecule has 0 aromatic heterocycles. The van der Waals surface area contributed by atoms with Crippen LogP contribution in [0.15, 0.2) is 18.2 Å². The highest BCUT2D eigenvalue weighted by Crippen LogP contribution is 2.59. The predicted octanol–water partition coefficient (Wildman–Crippen LogP) is 2.46. The van der Waals surface area contributed by atoms with Gasteiger partial charge in [0.05, 0.1) is 14.2 Å². The predicted molar refractivity (Wildman–Crippen MR) is 102 cm³/mol. The number of nitrogens with zero attached hydrogens (tertiary/aromatic N) is 1. The second-order valence-corrected chi connectivity index (χ2v) is 8.00. The van der Waals surface area contributed by atoms with Crippen LogP contribution in [0.25, 0.3) is 0 Å². The monoisotopic (exact) mass is 374 g/mol. The highest BCUT2D eigenvalue weighted by molar-refractivity contribution is 5.82. The zero-order valence-corrected chi connectivity index (χ0v) is 16.3. The molecule has 27 heavy (non-hydrogen) atoms. The topological polar surface area (TPSA) is 60.0 Å². The average Bonchev–Trinajstić information content (AvgIpc) is 3.41. The number of hydrogen-bond acceptors (Lipinski definition) is 5. The summed E-state index contributed by atoms with van der Waals surface area (Å²) < 4.78 is 17.1. The quantitative estimate of drug-likeness (QED) is 0.858. The van der Waals surface area contributed by atoms with Crippen molar-refractivity contribution >= 4 is 5.91 Å². The van der Waals surface area contributed by atoms with Crippen LogP contribution in [0.4, 0.5) is 0 Å². The SMILES string of the molecule is COc1cccc(OC)c1OC1CCN(C(=O)C2CC23CCNCC3)CC1. The Hall–Kier alpha value is -1.95. The van der Waals surface area contributed by atoms with Crippen molar-refractivity contribution in [1.82, 2.24) is 10.2 Å². The largest absolute Gasteiger partial charge is 0.493 e. The lowest BCUT2D eigenvalue weighted by Gasteiger charge is -2.33. The van der Waals surface area contributed by atoms with E-state index >= 15 is 0 Å². The molecule has 1 aliphatic carbocycles. The van der Waals surface area contributed by atoms with Gasteiger partial charge in [-0.2, -0.15) is 0 Å². The third-order valence-electron chi connectivity index (χ3n) is 6.51. The van der Waals surface area contributed by atoms with Crippen LogP contribution in [-0.2, 0) is 4.79 Å². The summed E-state index contributed by atoms with van der Waals surface area (Å²) in [5.41, 5.74) is 0.306. The van der Waals surface area contributed by atoms with E-state index in [1.54, 1.807) is 14.2 Å². The van der Waals surface area contributed by atoms with Gasteiger partial charge in [-0.1, -0.05) is 6.07 Å². The van der Waals surface area contributed by atoms with Crippen LogP contribution in [0.3, 0.4) is 0 Å². The van der Waals surface area contributed by atoms with Crippen molar-refractivity contribution in [1.29, 1.82) is 0 Å². The Balaban J connectivity index is 1.33. The Morgan fingerprint density at radius 1 is 1.11 bits per heavy atom. The summed E-state index contributed by atoms with van der Waals surface area (Å²) in [6.07, 6.45) is 5.14. The van der Waals surface area contributed by atoms with Crippen LogP contribution in [0.1, 0.15) is 32.1 Å². The first-order chi connectivity index (χ1) is 13.2. The molecule has 1 aromatic carbocycles. The lowest BCUT2D eigenvalue weighted by Crippen LogP contribution is -2.43. The van der Waals surface area contributed by atoms with Gasteiger partial charge in [0.1, 0.15) is 6.10 Å². The summed E-state index contributed by atoms with van der Waals surface area (Å²) in [5.74, 6) is 2.64. The maximum absolute atomic E-state index is 12.9. The second kappa shape index (κ2) is 7.58. The van der Waals surface area contributed by atoms with E-state index in [0.717, 1.165) is 58.3 Å². The van der Waals surface area contributed by atoms with Gasteiger partial charge in [0, 0.05) is 31.8 Å². The molecular weight excluding hydrogens is 344 g/mol. The molecule has 1 atom stereocenters. The van der Waals surface area contributed by atoms with Gasteiger partial charge >= 0.3 is 0 Å². The third kappa shape index (κ3) is 3.59. The van der Waals surface area contributed by atoms with Gasteiger partial charge in [-0.15, -0.1) is 0 Å². The summed E-state index contributed by atoms with van der Waals surface area (Å²) >= 11 is 0. The standard InChI is InChI=1S/C21H30N2O4/c1-25-17-4-3-5-18(26-2)19(17)27-15-6-12-23(13-7-15)20(24)16-14-21(16)8-10-22-11-9-21/h3-5,15-16,22H,6-14H2,1-2H3. The lowest BCUT2D eigenvalue weighted by atomic mass is 9.91. The maximum Gasteiger partial charge on any atom is 0.226 e. The fourth-order valence-corrected chi connectivity index (χ4v) is 4.69. The summed E-state index contributed by atoms with van der Waals surface area (Å²) in [4.78, 5) is 15.0. The number of hydrogen-bond donors (Lipinski definition) is 1. The molecule has 1 unspecified atom stereocenters. The van der Waals surface area contributed by atoms with E-state index < -0.39 is 0 Å². The van der Waals surface area contributed by atoms with Crippen molar-refractivity contribution in [2.24, 2.45) is 11.3 Å². The molecule has 6 heteroatoms. The summed E-state index contributed by atoms with van der Waals surface area (Å²) in [6, 6.07) is 5.64. The Morgan fingerprint density at radius 2 is 1.74 bits per heavy atom. The van der Waals surface area contributed by atoms with Gasteiger partial charge < -0.3 is 24.4 Å². The van der Waals surface area contributed by atoms with E-state index in [1.165, 1.54) is 0 Å². The van der Waals surface area contributed by atoms with Crippen LogP contribution in [0.2, 0.25) is 0 Å². The minimum Gasteiger partial charge on any atom is -0.493 e. The van der Waals surface area contributed by atoms with E-state index in [4.69, 9.17) is 14.2 Å². The number of carbonyl (C=O) groups is 1. The molecule has 2 heterocycles. The summed E-state index contributed by atoms with van der Waals surface area (Å²) in [5, 5.41) is 3.41. The van der Waals surface area contributed by atoms with Crippen LogP contribution >= 0.6 is 0 Å². The number of likely N-dealkylation sites (tertiary alicyclic amines) is 1. The first kappa shape index (κ1) is 18.4. The van der Waals surface area contributed by atoms with Crippen molar-refractivity contribution in [2.75, 3.05) is 40.4 Å². The van der Waals surface area contributed by atoms with E-state index in [9.17, 15) is 4.79 Å². The number of ether oxygens (including phenoxy) is 3. The Morgan fingerprint density at radius 3 is 2.33 bits per heavy atom. The number of para-hydroxylation sites is 1. The van der Waals surface area contributed by atoms with Crippen molar-refractivity contribution in [3.8, 4) is 17.2 Å². The third-order valence-corrected chi connectivity index (χ3v) is 6.51. The van der Waals surface area contributed by atoms with Crippen molar-refractivity contribution in [2.45, 2.75) is 38.2 Å². The van der Waals surface area contributed by atoms with Gasteiger partial charge in [0.25, 0.3) is 0 Å². The number of carbonyl (C=O) groups excluding carboxylic acids is 1. The second-order valence-electron chi connectivity index (χ2n) is 8.00. The number of rotatable bonds is 5. The molecule has 1 N–H and O–H groups in total. The molecule has 3 fully saturated rings. The average molecular weight is 374 g/mol. The molecule has 1 amide bonds. The molecule has 2 aliphatic heterocycles. The Kier molecular flexibility index (Phi) is 5.17. The molecule has 4 rings (SSSR count). The number of piperidine rings is 2. The molecule has 3 aliphatic rings. The van der Waals surface area contributed by atoms with Gasteiger partial charge in [-0.05, 0) is 49.9 Å². The smallest absolute Gasteiger partial charge is 0.226 e. The zero-order valence-electron chi connectivity index (χ0n) is 16.3. The van der Waals surface area contributed by atoms with Gasteiger partial charge in [0.15, 0.2) is 11.5 Å². The fraction of sp³-hybridized carbons (Fsp3) is 0.667. The van der Waals surface area contributed by atoms with Gasteiger partial charge in [0.2, 0.25) is 11.7 Å². The summed E-state index contributed by atoms with van der Waals surface area (Å²) in [7, 11) is 3.27. The maximum atomic E-state index is 12.9. The summed E-state index contributed by atoms with van der Waals surface area (Å²) in [6.45, 7) is 3.65. The molecule has 1 saturated carbocycles. The number of nitrogens with one attached hydrogen (secondary N) is 1. The fourth-order valence-electron chi connectivity index (χ4n) is 4.69. The Bertz CT molecular complexity index is 657. The highest BCUT2D eigenvalue weighted by atomic mass is 16.5. The minimum atomic E-state index is 0.0753. The molecule has 6 nitrogen and oxygen atoms in total. The molecule has 1 spiro atoms. The van der Waals surface area contributed by atoms with Gasteiger partial charge in [-0.3, -0.25) is 4.79 Å². The number of methoxy groups -OCH3 is 2. The lowest BCUT2D eigenvalue weighted by molar-refractivity contribution is -0.135. The first-order valence-corrected chi connectivity index (χ1v) is 10.0. The normalized spacial score (nSPS) is 24.5. The van der Waals surface area contributed by atoms with E-state index in [1.807, 2.05) is 18.2 Å². The minimum absolute atomic E-state index is 0.0753. The van der Waals surface area contributed by atoms with Gasteiger partial charge in [-0.25, -0.2) is 0 Å². The molecule has 2 saturated heterocycles. The number of benzene rings is 1. The van der Waals surface area contributed by atoms with E-state index in [-0.39, 0.29) is 12.0 Å². The van der Waals surface area contributed by atoms with Crippen molar-refractivity contribution in [3.63, 3.8) is 0 Å². The molecule has 148 valence electrons. The molecule has 0 radical (unpaired) electrons. The van der Waals surface area contributed by atoms with Crippen molar-refractivity contribution in [3.05, 3.63) is 18.2 Å². The highest BCUT2D eigenvalue weighted by Gasteiger charge is 2.58. The number of amides is 1. The van der Waals surface area contributed by atoms with E-state index in [2.05, 4.69) is 10.2 Å². The molecule has 1 aromatic rings. The first-order valence-electron chi connectivity index (χ1n) is 10.0. The van der Waals surface area contributed by atoms with Crippen LogP contribution in [0.5, 0.6) is 17.2 Å².